The first-order valence-electron chi connectivity index (χ1n) is 2.66. The Morgan fingerprint density at radius 1 is 1.27 bits per heavy atom. The Kier molecular flexibility index (Phi) is 3.65. The summed E-state index contributed by atoms with van der Waals surface area (Å²) in [6.07, 6.45) is 1.56. The summed E-state index contributed by atoms with van der Waals surface area (Å²) in [4.78, 5) is 28.8. The number of hydroxylamine groups is 2. The molecule has 0 amide bonds. The molecule has 0 saturated heterocycles. The van der Waals surface area contributed by atoms with Crippen LogP contribution in [0.15, 0.2) is 0 Å². The minimum atomic E-state index is -0.703. The van der Waals surface area contributed by atoms with E-state index in [9.17, 15) is 9.59 Å². The van der Waals surface area contributed by atoms with Gasteiger partial charge in [0, 0.05) is 13.8 Å². The van der Waals surface area contributed by atoms with Gasteiger partial charge in [-0.3, -0.25) is 5.41 Å². The molecule has 1 radical (unpaired) electrons. The normalized spacial score (nSPS) is 8.18. The van der Waals surface area contributed by atoms with Crippen LogP contribution in [0.2, 0.25) is 0 Å². The van der Waals surface area contributed by atoms with Crippen LogP contribution >= 0.6 is 0 Å². The van der Waals surface area contributed by atoms with E-state index in [1.54, 1.807) is 6.34 Å². The summed E-state index contributed by atoms with van der Waals surface area (Å²) in [6.45, 7) is 2.21. The maximum atomic E-state index is 10.2. The molecule has 61 valence electrons. The van der Waals surface area contributed by atoms with Crippen LogP contribution in [0.1, 0.15) is 13.8 Å². The van der Waals surface area contributed by atoms with E-state index in [0.717, 1.165) is 13.8 Å². The molecule has 0 heterocycles. The van der Waals surface area contributed by atoms with Gasteiger partial charge in [0.05, 0.1) is 0 Å². The second-order valence-corrected chi connectivity index (χ2v) is 1.53. The zero-order valence-electron chi connectivity index (χ0n) is 6.08. The molecule has 1 N–H and O–H groups in total. The van der Waals surface area contributed by atoms with Crippen molar-refractivity contribution in [1.29, 1.82) is 5.41 Å². The van der Waals surface area contributed by atoms with E-state index in [-0.39, 0.29) is 5.23 Å². The van der Waals surface area contributed by atoms with Gasteiger partial charge in [0.2, 0.25) is 6.34 Å². The Morgan fingerprint density at radius 3 is 1.82 bits per heavy atom. The molecule has 6 nitrogen and oxygen atoms in total. The van der Waals surface area contributed by atoms with Gasteiger partial charge in [-0.2, -0.15) is 0 Å². The number of carbonyl (C=O) groups excluding carboxylic acids is 2. The van der Waals surface area contributed by atoms with Gasteiger partial charge in [0.1, 0.15) is 0 Å². The maximum Gasteiger partial charge on any atom is 0.333 e. The first-order chi connectivity index (χ1) is 5.06. The van der Waals surface area contributed by atoms with E-state index in [4.69, 9.17) is 5.41 Å². The van der Waals surface area contributed by atoms with E-state index in [1.165, 1.54) is 0 Å². The molecule has 0 unspecified atom stereocenters. The summed E-state index contributed by atoms with van der Waals surface area (Å²) in [5.41, 5.74) is 0. The third-order valence-electron chi connectivity index (χ3n) is 0.514. The smallest absolute Gasteiger partial charge is 0.305 e. The third kappa shape index (κ3) is 4.89. The van der Waals surface area contributed by atoms with Crippen molar-refractivity contribution in [3.05, 3.63) is 0 Å². The molecule has 0 fully saturated rings. The van der Waals surface area contributed by atoms with Gasteiger partial charge >= 0.3 is 11.9 Å². The second-order valence-electron chi connectivity index (χ2n) is 1.53. The lowest BCUT2D eigenvalue weighted by molar-refractivity contribution is -0.276. The maximum absolute atomic E-state index is 10.2. The molecule has 6 heteroatoms. The van der Waals surface area contributed by atoms with Gasteiger partial charge in [-0.05, 0) is 5.23 Å². The number of hydrogen-bond acceptors (Lipinski definition) is 5. The monoisotopic (exact) mass is 159 g/mol. The van der Waals surface area contributed by atoms with Crippen LogP contribution < -0.4 is 0 Å². The quantitative estimate of drug-likeness (QED) is 0.265. The molecular formula is C5H7N2O4. The largest absolute Gasteiger partial charge is 0.333 e. The van der Waals surface area contributed by atoms with Crippen LogP contribution in [0.25, 0.3) is 0 Å². The highest BCUT2D eigenvalue weighted by Crippen LogP contribution is 1.89. The summed E-state index contributed by atoms with van der Waals surface area (Å²) in [6, 6.07) is 0. The Hall–Kier alpha value is -1.59. The highest BCUT2D eigenvalue weighted by atomic mass is 17.0. The topological polar surface area (TPSA) is 79.7 Å². The van der Waals surface area contributed by atoms with E-state index in [0.29, 0.717) is 0 Å². The average Bonchev–Trinajstić information content (AvgIpc) is 1.84. The molecule has 11 heavy (non-hydrogen) atoms. The van der Waals surface area contributed by atoms with Crippen LogP contribution in [0.3, 0.4) is 0 Å². The summed E-state index contributed by atoms with van der Waals surface area (Å²) < 4.78 is 0. The first kappa shape index (κ1) is 9.41. The molecule has 0 aromatic rings. The van der Waals surface area contributed by atoms with Gasteiger partial charge in [-0.1, -0.05) is 0 Å². The predicted octanol–water partition coefficient (Wildman–Crippen LogP) is -0.271. The standard InChI is InChI=1S/C5H7N2O4/c1-4(8)10-7(3-6)11-5(2)9/h6H,1-2H3. The Morgan fingerprint density at radius 2 is 1.64 bits per heavy atom. The fourth-order valence-corrected chi connectivity index (χ4v) is 0.298. The zero-order chi connectivity index (χ0) is 8.85. The SMILES string of the molecule is CC(=O)ON([C]=N)OC(C)=O. The zero-order valence-corrected chi connectivity index (χ0v) is 6.08. The van der Waals surface area contributed by atoms with Crippen molar-refractivity contribution in [2.24, 2.45) is 0 Å². The highest BCUT2D eigenvalue weighted by molar-refractivity contribution is 5.69. The average molecular weight is 159 g/mol. The fraction of sp³-hybridized carbons (Fsp3) is 0.400. The number of rotatable bonds is 3. The van der Waals surface area contributed by atoms with Gasteiger partial charge in [-0.15, -0.1) is 0 Å². The summed E-state index contributed by atoms with van der Waals surface area (Å²) in [7, 11) is 0. The molecule has 0 rings (SSSR count). The minimum Gasteiger partial charge on any atom is -0.305 e. The van der Waals surface area contributed by atoms with Crippen molar-refractivity contribution in [3.8, 4) is 0 Å². The molecule has 0 aromatic heterocycles. The lowest BCUT2D eigenvalue weighted by atomic mass is 10.8. The molecule has 0 spiro atoms. The van der Waals surface area contributed by atoms with Crippen molar-refractivity contribution in [2.75, 3.05) is 0 Å². The molecule has 0 bridgehead atoms. The van der Waals surface area contributed by atoms with E-state index >= 15 is 0 Å². The van der Waals surface area contributed by atoms with Gasteiger partial charge < -0.3 is 9.68 Å². The fourth-order valence-electron chi connectivity index (χ4n) is 0.298. The number of hydrogen-bond donors (Lipinski definition) is 1. The van der Waals surface area contributed by atoms with Gasteiger partial charge in [-0.25, -0.2) is 9.59 Å². The number of nitrogens with one attached hydrogen (secondary N) is 1. The Labute approximate surface area is 63.1 Å². The lowest BCUT2D eigenvalue weighted by Crippen LogP contribution is -2.26. The van der Waals surface area contributed by atoms with Crippen LogP contribution in [-0.2, 0) is 19.3 Å². The first-order valence-corrected chi connectivity index (χ1v) is 2.66. The minimum absolute atomic E-state index is 0.241. The second kappa shape index (κ2) is 4.26. The Balaban J connectivity index is 3.85. The van der Waals surface area contributed by atoms with Crippen LogP contribution in [0, 0.1) is 5.41 Å². The number of carbonyl (C=O) groups is 2. The van der Waals surface area contributed by atoms with Crippen molar-refractivity contribution >= 4 is 18.3 Å². The van der Waals surface area contributed by atoms with E-state index < -0.39 is 11.9 Å². The molecular weight excluding hydrogens is 152 g/mol. The van der Waals surface area contributed by atoms with Crippen LogP contribution in [0.4, 0.5) is 0 Å². The predicted molar refractivity (Wildman–Crippen MR) is 33.1 cm³/mol. The molecule has 0 atom stereocenters. The molecule has 0 aliphatic heterocycles. The molecule has 0 aromatic carbocycles. The van der Waals surface area contributed by atoms with Crippen molar-refractivity contribution in [1.82, 2.24) is 5.23 Å². The summed E-state index contributed by atoms with van der Waals surface area (Å²) in [5.74, 6) is -1.41. The van der Waals surface area contributed by atoms with Crippen LogP contribution in [-0.4, -0.2) is 23.5 Å². The van der Waals surface area contributed by atoms with E-state index in [1.807, 2.05) is 0 Å². The molecule has 0 aliphatic carbocycles. The number of nitrogens with zero attached hydrogens (tertiary/aromatic N) is 1. The highest BCUT2D eigenvalue weighted by Gasteiger charge is 2.07. The van der Waals surface area contributed by atoms with Crippen molar-refractivity contribution in [3.63, 3.8) is 0 Å². The lowest BCUT2D eigenvalue weighted by Gasteiger charge is -2.11. The third-order valence-corrected chi connectivity index (χ3v) is 0.514. The van der Waals surface area contributed by atoms with Gasteiger partial charge in [0.25, 0.3) is 0 Å². The van der Waals surface area contributed by atoms with E-state index in [2.05, 4.69) is 9.68 Å². The molecule has 0 saturated carbocycles. The molecule has 0 aliphatic rings. The summed E-state index contributed by atoms with van der Waals surface area (Å²) >= 11 is 0. The van der Waals surface area contributed by atoms with Gasteiger partial charge in [0.15, 0.2) is 0 Å². The Bertz CT molecular complexity index is 163. The van der Waals surface area contributed by atoms with Crippen molar-refractivity contribution < 1.29 is 19.3 Å². The van der Waals surface area contributed by atoms with Crippen LogP contribution in [0.5, 0.6) is 0 Å². The van der Waals surface area contributed by atoms with Crippen molar-refractivity contribution in [2.45, 2.75) is 13.8 Å². The summed E-state index contributed by atoms with van der Waals surface area (Å²) in [5, 5.41) is 6.71.